The van der Waals surface area contributed by atoms with Crippen molar-refractivity contribution in [3.63, 3.8) is 0 Å². The van der Waals surface area contributed by atoms with E-state index in [1.807, 2.05) is 0 Å². The summed E-state index contributed by atoms with van der Waals surface area (Å²) in [5, 5.41) is 14.9. The van der Waals surface area contributed by atoms with E-state index >= 15 is 0 Å². The van der Waals surface area contributed by atoms with Crippen molar-refractivity contribution in [2.75, 3.05) is 6.54 Å². The Kier molecular flexibility index (Phi) is 5.27. The largest absolute Gasteiger partial charge is 0.391 e. The molecule has 21 heavy (non-hydrogen) atoms. The van der Waals surface area contributed by atoms with Crippen LogP contribution < -0.4 is 10.6 Å². The van der Waals surface area contributed by atoms with Gasteiger partial charge in [-0.2, -0.15) is 0 Å². The second-order valence-electron chi connectivity index (χ2n) is 5.22. The van der Waals surface area contributed by atoms with Crippen molar-refractivity contribution in [1.82, 2.24) is 10.6 Å². The van der Waals surface area contributed by atoms with Gasteiger partial charge in [0.15, 0.2) is 0 Å². The Bertz CT molecular complexity index is 521. The summed E-state index contributed by atoms with van der Waals surface area (Å²) in [4.78, 5) is 23.5. The number of nitrogens with one attached hydrogen (secondary N) is 2. The number of carbonyl (C=O) groups is 2. The number of aliphatic hydroxyl groups is 1. The fraction of sp³-hybridized carbons (Fsp3) is 0.467. The molecule has 0 heterocycles. The minimum absolute atomic E-state index is 0.167. The van der Waals surface area contributed by atoms with Crippen LogP contribution in [0.15, 0.2) is 24.3 Å². The third-order valence-electron chi connectivity index (χ3n) is 3.57. The van der Waals surface area contributed by atoms with Crippen LogP contribution in [0.4, 0.5) is 4.39 Å². The van der Waals surface area contributed by atoms with E-state index in [0.717, 1.165) is 25.3 Å². The molecule has 3 N–H and O–H groups in total. The zero-order chi connectivity index (χ0) is 15.2. The van der Waals surface area contributed by atoms with Gasteiger partial charge in [0.2, 0.25) is 5.91 Å². The van der Waals surface area contributed by atoms with E-state index < -0.39 is 17.8 Å². The molecule has 1 aliphatic carbocycles. The maximum Gasteiger partial charge on any atom is 0.251 e. The van der Waals surface area contributed by atoms with Gasteiger partial charge in [0, 0.05) is 5.56 Å². The summed E-state index contributed by atoms with van der Waals surface area (Å²) in [5.41, 5.74) is 0.167. The lowest BCUT2D eigenvalue weighted by Gasteiger charge is -2.28. The molecule has 0 bridgehead atoms. The van der Waals surface area contributed by atoms with Crippen LogP contribution in [0.5, 0.6) is 0 Å². The number of amides is 2. The molecular formula is C15H19FN2O3. The first-order valence-corrected chi connectivity index (χ1v) is 7.07. The molecule has 1 aromatic carbocycles. The van der Waals surface area contributed by atoms with E-state index in [4.69, 9.17) is 0 Å². The zero-order valence-corrected chi connectivity index (χ0v) is 11.6. The summed E-state index contributed by atoms with van der Waals surface area (Å²) in [6.07, 6.45) is 2.83. The normalized spacial score (nSPS) is 21.6. The van der Waals surface area contributed by atoms with Crippen molar-refractivity contribution in [2.45, 2.75) is 37.8 Å². The zero-order valence-electron chi connectivity index (χ0n) is 11.6. The molecule has 114 valence electrons. The summed E-state index contributed by atoms with van der Waals surface area (Å²) in [6.45, 7) is -0.196. The third-order valence-corrected chi connectivity index (χ3v) is 3.57. The number of hydrogen-bond acceptors (Lipinski definition) is 3. The number of halogens is 1. The molecule has 5 nitrogen and oxygen atoms in total. The van der Waals surface area contributed by atoms with Gasteiger partial charge >= 0.3 is 0 Å². The maximum absolute atomic E-state index is 13.0. The minimum Gasteiger partial charge on any atom is -0.391 e. The molecule has 1 saturated carbocycles. The Hall–Kier alpha value is -1.95. The van der Waals surface area contributed by atoms with Gasteiger partial charge in [0.05, 0.1) is 18.7 Å². The summed E-state index contributed by atoms with van der Waals surface area (Å²) in [7, 11) is 0. The fourth-order valence-corrected chi connectivity index (χ4v) is 2.43. The number of benzene rings is 1. The van der Waals surface area contributed by atoms with Crippen LogP contribution >= 0.6 is 0 Å². The lowest BCUT2D eigenvalue weighted by Crippen LogP contribution is -2.48. The highest BCUT2D eigenvalue weighted by molar-refractivity contribution is 5.96. The third kappa shape index (κ3) is 4.53. The van der Waals surface area contributed by atoms with E-state index in [1.165, 1.54) is 18.2 Å². The van der Waals surface area contributed by atoms with Crippen LogP contribution in [0.3, 0.4) is 0 Å². The minimum atomic E-state index is -0.526. The summed E-state index contributed by atoms with van der Waals surface area (Å²) >= 11 is 0. The standard InChI is InChI=1S/C15H19FN2O3/c16-11-5-3-4-10(8-11)15(21)17-9-14(20)18-12-6-1-2-7-13(12)19/h3-5,8,12-13,19H,1-2,6-7,9H2,(H,17,21)(H,18,20)/t12-,13-/m0/s1. The van der Waals surface area contributed by atoms with Crippen LogP contribution in [-0.2, 0) is 4.79 Å². The van der Waals surface area contributed by atoms with Gasteiger partial charge < -0.3 is 15.7 Å². The van der Waals surface area contributed by atoms with Gasteiger partial charge in [-0.3, -0.25) is 9.59 Å². The average Bonchev–Trinajstić information content (AvgIpc) is 2.47. The van der Waals surface area contributed by atoms with Gasteiger partial charge in [-0.05, 0) is 31.0 Å². The van der Waals surface area contributed by atoms with Gasteiger partial charge in [0.25, 0.3) is 5.91 Å². The van der Waals surface area contributed by atoms with E-state index in [1.54, 1.807) is 0 Å². The van der Waals surface area contributed by atoms with Crippen molar-refractivity contribution >= 4 is 11.8 Å². The molecule has 2 amide bonds. The van der Waals surface area contributed by atoms with E-state index in [9.17, 15) is 19.1 Å². The number of hydrogen-bond donors (Lipinski definition) is 3. The smallest absolute Gasteiger partial charge is 0.251 e. The Morgan fingerprint density at radius 2 is 2.05 bits per heavy atom. The molecule has 1 aliphatic rings. The first-order chi connectivity index (χ1) is 10.1. The highest BCUT2D eigenvalue weighted by Gasteiger charge is 2.24. The lowest BCUT2D eigenvalue weighted by atomic mass is 9.92. The van der Waals surface area contributed by atoms with Crippen LogP contribution in [0.2, 0.25) is 0 Å². The molecule has 2 atom stereocenters. The molecule has 0 aliphatic heterocycles. The van der Waals surface area contributed by atoms with Crippen molar-refractivity contribution in [2.24, 2.45) is 0 Å². The van der Waals surface area contributed by atoms with Crippen LogP contribution in [0.1, 0.15) is 36.0 Å². The second-order valence-corrected chi connectivity index (χ2v) is 5.22. The first kappa shape index (κ1) is 15.4. The Morgan fingerprint density at radius 1 is 1.29 bits per heavy atom. The van der Waals surface area contributed by atoms with Gasteiger partial charge in [-0.15, -0.1) is 0 Å². The molecule has 2 rings (SSSR count). The van der Waals surface area contributed by atoms with E-state index in [0.29, 0.717) is 6.42 Å². The SMILES string of the molecule is O=C(CNC(=O)c1cccc(F)c1)N[C@H]1CCCC[C@@H]1O. The average molecular weight is 294 g/mol. The van der Waals surface area contributed by atoms with Gasteiger partial charge in [0.1, 0.15) is 5.82 Å². The molecule has 0 spiro atoms. The second kappa shape index (κ2) is 7.17. The fourth-order valence-electron chi connectivity index (χ4n) is 2.43. The molecule has 0 unspecified atom stereocenters. The van der Waals surface area contributed by atoms with Crippen molar-refractivity contribution in [3.05, 3.63) is 35.6 Å². The van der Waals surface area contributed by atoms with Crippen LogP contribution in [0.25, 0.3) is 0 Å². The number of aliphatic hydroxyl groups excluding tert-OH is 1. The molecular weight excluding hydrogens is 275 g/mol. The monoisotopic (exact) mass is 294 g/mol. The topological polar surface area (TPSA) is 78.4 Å². The van der Waals surface area contributed by atoms with Gasteiger partial charge in [-0.25, -0.2) is 4.39 Å². The summed E-state index contributed by atoms with van der Waals surface area (Å²) in [5.74, 6) is -1.36. The van der Waals surface area contributed by atoms with Crippen molar-refractivity contribution < 1.29 is 19.1 Å². The van der Waals surface area contributed by atoms with E-state index in [2.05, 4.69) is 10.6 Å². The molecule has 0 aromatic heterocycles. The van der Waals surface area contributed by atoms with E-state index in [-0.39, 0.29) is 24.1 Å². The first-order valence-electron chi connectivity index (χ1n) is 7.07. The Balaban J connectivity index is 1.79. The highest BCUT2D eigenvalue weighted by atomic mass is 19.1. The highest BCUT2D eigenvalue weighted by Crippen LogP contribution is 2.18. The molecule has 6 heteroatoms. The molecule has 0 radical (unpaired) electrons. The molecule has 0 saturated heterocycles. The summed E-state index contributed by atoms with van der Waals surface area (Å²) < 4.78 is 13.0. The van der Waals surface area contributed by atoms with Crippen molar-refractivity contribution in [1.29, 1.82) is 0 Å². The Morgan fingerprint density at radius 3 is 2.76 bits per heavy atom. The van der Waals surface area contributed by atoms with Crippen molar-refractivity contribution in [3.8, 4) is 0 Å². The predicted molar refractivity (Wildman–Crippen MR) is 75.1 cm³/mol. The molecule has 1 fully saturated rings. The molecule has 1 aromatic rings. The number of rotatable bonds is 4. The predicted octanol–water partition coefficient (Wildman–Crippen LogP) is 0.975. The number of carbonyl (C=O) groups excluding carboxylic acids is 2. The lowest BCUT2D eigenvalue weighted by molar-refractivity contribution is -0.122. The summed E-state index contributed by atoms with van der Waals surface area (Å²) in [6, 6.07) is 5.01. The van der Waals surface area contributed by atoms with Crippen LogP contribution in [0, 0.1) is 5.82 Å². The van der Waals surface area contributed by atoms with Crippen LogP contribution in [-0.4, -0.2) is 35.6 Å². The Labute approximate surface area is 122 Å². The maximum atomic E-state index is 13.0. The van der Waals surface area contributed by atoms with Gasteiger partial charge in [-0.1, -0.05) is 18.9 Å². The quantitative estimate of drug-likeness (QED) is 0.774.